The number of pyridine rings is 1. The summed E-state index contributed by atoms with van der Waals surface area (Å²) in [5, 5.41) is 16.1. The maximum atomic E-state index is 13.4. The van der Waals surface area contributed by atoms with E-state index in [4.69, 9.17) is 16.3 Å². The minimum Gasteiger partial charge on any atom is -0.484 e. The molecule has 1 fully saturated rings. The highest BCUT2D eigenvalue weighted by Crippen LogP contribution is 2.47. The zero-order chi connectivity index (χ0) is 21.3. The topological polar surface area (TPSA) is 101 Å². The van der Waals surface area contributed by atoms with Crippen molar-refractivity contribution in [2.45, 2.75) is 30.9 Å². The average Bonchev–Trinajstić information content (AvgIpc) is 2.70. The summed E-state index contributed by atoms with van der Waals surface area (Å²) in [7, 11) is 0. The summed E-state index contributed by atoms with van der Waals surface area (Å²) >= 11 is 5.61. The smallest absolute Gasteiger partial charge is 0.270 e. The monoisotopic (exact) mass is 431 g/mol. The van der Waals surface area contributed by atoms with Crippen LogP contribution in [-0.4, -0.2) is 40.2 Å². The molecule has 0 radical (unpaired) electrons. The van der Waals surface area contributed by atoms with E-state index in [1.54, 1.807) is 24.4 Å². The van der Waals surface area contributed by atoms with Crippen molar-refractivity contribution >= 4 is 23.4 Å². The van der Waals surface area contributed by atoms with Crippen molar-refractivity contribution in [3.05, 3.63) is 70.4 Å². The van der Waals surface area contributed by atoms with Gasteiger partial charge in [-0.3, -0.25) is 14.6 Å². The number of carbonyl (C=O) groups is 2. The van der Waals surface area contributed by atoms with Crippen molar-refractivity contribution in [3.63, 3.8) is 0 Å². The molecule has 1 heterocycles. The Morgan fingerprint density at radius 1 is 1.30 bits per heavy atom. The van der Waals surface area contributed by atoms with E-state index in [1.807, 2.05) is 0 Å². The molecular weight excluding hydrogens is 413 g/mol. The first-order valence-corrected chi connectivity index (χ1v) is 9.74. The van der Waals surface area contributed by atoms with Crippen molar-refractivity contribution in [3.8, 4) is 5.75 Å². The van der Waals surface area contributed by atoms with Crippen LogP contribution in [0.2, 0.25) is 5.02 Å². The van der Waals surface area contributed by atoms with Crippen molar-refractivity contribution in [1.29, 1.82) is 0 Å². The number of carbonyl (C=O) groups excluding carboxylic acids is 2. The average molecular weight is 432 g/mol. The number of nitrogens with zero attached hydrogens (tertiary/aromatic N) is 1. The molecule has 1 atom stereocenters. The molecule has 2 amide bonds. The fraction of sp³-hybridized carbons (Fsp3) is 0.286. The van der Waals surface area contributed by atoms with Crippen molar-refractivity contribution < 1.29 is 23.8 Å². The van der Waals surface area contributed by atoms with Gasteiger partial charge in [0.15, 0.2) is 6.61 Å². The molecule has 156 valence electrons. The number of hydrogen-bond donors (Lipinski definition) is 3. The summed E-state index contributed by atoms with van der Waals surface area (Å²) in [5.74, 6) is -1.23. The zero-order valence-corrected chi connectivity index (χ0v) is 16.6. The number of fused-ring (bicyclic) bond motifs is 2. The lowest BCUT2D eigenvalue weighted by Gasteiger charge is -2.51. The second kappa shape index (κ2) is 8.04. The van der Waals surface area contributed by atoms with E-state index in [2.05, 4.69) is 15.6 Å². The third-order valence-electron chi connectivity index (χ3n) is 5.21. The van der Waals surface area contributed by atoms with Crippen LogP contribution in [0.1, 0.15) is 29.8 Å². The first-order valence-electron chi connectivity index (χ1n) is 9.36. The molecule has 0 aliphatic heterocycles. The Morgan fingerprint density at radius 2 is 2.10 bits per heavy atom. The van der Waals surface area contributed by atoms with Crippen LogP contribution >= 0.6 is 11.6 Å². The second-order valence-electron chi connectivity index (χ2n) is 7.45. The van der Waals surface area contributed by atoms with E-state index < -0.39 is 23.4 Å². The molecule has 1 saturated carbocycles. The Kier molecular flexibility index (Phi) is 5.44. The molecule has 0 unspecified atom stereocenters. The lowest BCUT2D eigenvalue weighted by molar-refractivity contribution is -0.123. The van der Waals surface area contributed by atoms with E-state index in [0.717, 1.165) is 11.6 Å². The van der Waals surface area contributed by atoms with Crippen LogP contribution in [0.15, 0.2) is 53.9 Å². The minimum atomic E-state index is -0.913. The van der Waals surface area contributed by atoms with E-state index in [0.29, 0.717) is 24.2 Å². The van der Waals surface area contributed by atoms with Crippen molar-refractivity contribution in [2.24, 2.45) is 0 Å². The van der Waals surface area contributed by atoms with Crippen molar-refractivity contribution in [1.82, 2.24) is 15.6 Å². The molecule has 2 aromatic rings. The number of nitrogens with one attached hydrogen (secondary N) is 2. The second-order valence-corrected chi connectivity index (χ2v) is 7.86. The van der Waals surface area contributed by atoms with Crippen LogP contribution in [0.25, 0.3) is 0 Å². The predicted octanol–water partition coefficient (Wildman–Crippen LogP) is 2.35. The Labute approximate surface area is 176 Å². The molecule has 7 nitrogen and oxygen atoms in total. The quantitative estimate of drug-likeness (QED) is 0.652. The van der Waals surface area contributed by atoms with Gasteiger partial charge in [-0.25, -0.2) is 4.39 Å². The number of aromatic nitrogens is 1. The number of aliphatic hydroxyl groups is 1. The van der Waals surface area contributed by atoms with Gasteiger partial charge in [0.1, 0.15) is 17.3 Å². The molecule has 0 spiro atoms. The van der Waals surface area contributed by atoms with E-state index in [1.165, 1.54) is 12.1 Å². The molecule has 1 aromatic carbocycles. The molecule has 0 saturated heterocycles. The molecular formula is C21H19ClFN3O4. The van der Waals surface area contributed by atoms with Gasteiger partial charge in [0, 0.05) is 24.4 Å². The first kappa shape index (κ1) is 20.3. The molecule has 9 heteroatoms. The van der Waals surface area contributed by atoms with Crippen LogP contribution in [0, 0.1) is 5.82 Å². The maximum absolute atomic E-state index is 13.4. The lowest BCUT2D eigenvalue weighted by atomic mass is 9.63. The summed E-state index contributed by atoms with van der Waals surface area (Å²) in [5.41, 5.74) is 1.10. The molecule has 3 aliphatic rings. The normalized spacial score (nSPS) is 22.2. The standard InChI is InChI=1S/C21H19ClFN3O4/c22-14-5-4-13(7-15(14)23)30-11-18(28)25-19-12-8-21(9-12,10-17(19)27)26-20(29)16-3-1-2-6-24-16/h1-7,17,27H,8-11H2,(H,25,28)(H,26,29)/t17-/m0/s1. The number of aliphatic hydroxyl groups excluding tert-OH is 1. The summed E-state index contributed by atoms with van der Waals surface area (Å²) in [6.07, 6.45) is 2.00. The third kappa shape index (κ3) is 4.15. The van der Waals surface area contributed by atoms with Gasteiger partial charge < -0.3 is 20.5 Å². The third-order valence-corrected chi connectivity index (χ3v) is 5.52. The fourth-order valence-electron chi connectivity index (χ4n) is 3.82. The lowest BCUT2D eigenvalue weighted by Crippen LogP contribution is -2.61. The highest BCUT2D eigenvalue weighted by molar-refractivity contribution is 6.30. The fourth-order valence-corrected chi connectivity index (χ4v) is 3.94. The van der Waals surface area contributed by atoms with Gasteiger partial charge in [0.05, 0.1) is 16.7 Å². The molecule has 3 aliphatic carbocycles. The highest BCUT2D eigenvalue weighted by Gasteiger charge is 2.50. The number of benzene rings is 1. The van der Waals surface area contributed by atoms with Gasteiger partial charge in [-0.15, -0.1) is 0 Å². The van der Waals surface area contributed by atoms with Crippen LogP contribution in [-0.2, 0) is 4.79 Å². The Balaban J connectivity index is 1.34. The minimum absolute atomic E-state index is 0.0345. The zero-order valence-electron chi connectivity index (χ0n) is 15.8. The van der Waals surface area contributed by atoms with E-state index >= 15 is 0 Å². The first-order chi connectivity index (χ1) is 14.3. The molecule has 30 heavy (non-hydrogen) atoms. The molecule has 5 rings (SSSR count). The maximum Gasteiger partial charge on any atom is 0.270 e. The van der Waals surface area contributed by atoms with E-state index in [9.17, 15) is 19.1 Å². The van der Waals surface area contributed by atoms with Gasteiger partial charge in [0.2, 0.25) is 0 Å². The molecule has 1 aromatic heterocycles. The summed E-state index contributed by atoms with van der Waals surface area (Å²) in [4.78, 5) is 28.6. The van der Waals surface area contributed by atoms with E-state index in [-0.39, 0.29) is 29.7 Å². The Bertz CT molecular complexity index is 1020. The summed E-state index contributed by atoms with van der Waals surface area (Å²) < 4.78 is 18.7. The highest BCUT2D eigenvalue weighted by atomic mass is 35.5. The molecule has 3 N–H and O–H groups in total. The van der Waals surface area contributed by atoms with Gasteiger partial charge >= 0.3 is 0 Å². The Morgan fingerprint density at radius 3 is 2.77 bits per heavy atom. The number of rotatable bonds is 6. The summed E-state index contributed by atoms with van der Waals surface area (Å²) in [6.45, 7) is -0.341. The van der Waals surface area contributed by atoms with Gasteiger partial charge in [0.25, 0.3) is 11.8 Å². The largest absolute Gasteiger partial charge is 0.484 e. The van der Waals surface area contributed by atoms with Gasteiger partial charge in [-0.2, -0.15) is 0 Å². The number of halogens is 2. The van der Waals surface area contributed by atoms with Crippen molar-refractivity contribution in [2.75, 3.05) is 6.61 Å². The van der Waals surface area contributed by atoms with Gasteiger partial charge in [-0.1, -0.05) is 17.7 Å². The van der Waals surface area contributed by atoms with Crippen LogP contribution in [0.3, 0.4) is 0 Å². The number of ether oxygens (including phenoxy) is 1. The van der Waals surface area contributed by atoms with Crippen LogP contribution in [0.4, 0.5) is 4.39 Å². The molecule has 2 bridgehead atoms. The SMILES string of the molecule is O=C(COc1ccc(Cl)c(F)c1)NC1=C2CC(NC(=O)c3ccccn3)(C2)C[C@@H]1O. The Hall–Kier alpha value is -2.97. The van der Waals surface area contributed by atoms with Gasteiger partial charge in [-0.05, 0) is 42.7 Å². The van der Waals surface area contributed by atoms with Crippen LogP contribution in [0.5, 0.6) is 5.75 Å². The number of amides is 2. The number of hydrogen-bond acceptors (Lipinski definition) is 5. The summed E-state index contributed by atoms with van der Waals surface area (Å²) in [6, 6.07) is 8.98. The predicted molar refractivity (Wildman–Crippen MR) is 106 cm³/mol. The van der Waals surface area contributed by atoms with Crippen LogP contribution < -0.4 is 15.4 Å².